The maximum absolute atomic E-state index is 13.5. The number of amides is 3. The number of rotatable bonds is 9. The molecule has 0 aliphatic rings. The number of unbranched alkanes of at least 4 members (excludes halogenated alkanes) is 1. The van der Waals surface area contributed by atoms with Gasteiger partial charge in [0, 0.05) is 18.6 Å². The van der Waals surface area contributed by atoms with E-state index in [-0.39, 0.29) is 42.8 Å². The van der Waals surface area contributed by atoms with Crippen molar-refractivity contribution in [3.05, 3.63) is 82.0 Å². The Labute approximate surface area is 210 Å². The number of urea groups is 1. The van der Waals surface area contributed by atoms with Crippen LogP contribution in [0, 0.1) is 5.82 Å². The Balaban J connectivity index is 1.89. The van der Waals surface area contributed by atoms with Crippen LogP contribution in [-0.4, -0.2) is 40.4 Å². The van der Waals surface area contributed by atoms with E-state index < -0.39 is 5.54 Å². The lowest BCUT2D eigenvalue weighted by molar-refractivity contribution is -0.133. The Morgan fingerprint density at radius 2 is 1.69 bits per heavy atom. The number of benzene rings is 2. The molecule has 3 amide bonds. The molecule has 7 nitrogen and oxygen atoms in total. The number of carbonyl (C=O) groups is 2. The third kappa shape index (κ3) is 7.41. The lowest BCUT2D eigenvalue weighted by Gasteiger charge is -2.30. The molecule has 0 bridgehead atoms. The van der Waals surface area contributed by atoms with E-state index in [0.717, 1.165) is 12.8 Å². The molecule has 0 saturated carbocycles. The fourth-order valence-electron chi connectivity index (χ4n) is 3.74. The van der Waals surface area contributed by atoms with Crippen LogP contribution in [0.15, 0.2) is 64.0 Å². The molecule has 8 heteroatoms. The first-order valence-corrected chi connectivity index (χ1v) is 12.2. The third-order valence-corrected chi connectivity index (χ3v) is 5.63. The van der Waals surface area contributed by atoms with E-state index in [1.807, 2.05) is 27.7 Å². The summed E-state index contributed by atoms with van der Waals surface area (Å²) in [6.07, 6.45) is 2.98. The van der Waals surface area contributed by atoms with Crippen molar-refractivity contribution < 1.29 is 18.4 Å². The summed E-state index contributed by atoms with van der Waals surface area (Å²) in [5, 5.41) is 3.35. The molecular weight excluding hydrogens is 461 g/mol. The van der Waals surface area contributed by atoms with Gasteiger partial charge in [0.1, 0.15) is 17.9 Å². The van der Waals surface area contributed by atoms with Crippen molar-refractivity contribution in [3.8, 4) is 0 Å². The first kappa shape index (κ1) is 26.9. The summed E-state index contributed by atoms with van der Waals surface area (Å²) in [6, 6.07) is 12.4. The van der Waals surface area contributed by atoms with Crippen LogP contribution in [0.2, 0.25) is 0 Å². The van der Waals surface area contributed by atoms with Gasteiger partial charge in [-0.1, -0.05) is 37.6 Å². The van der Waals surface area contributed by atoms with Gasteiger partial charge < -0.3 is 19.5 Å². The van der Waals surface area contributed by atoms with Crippen LogP contribution in [0.5, 0.6) is 0 Å². The molecule has 0 unspecified atom stereocenters. The van der Waals surface area contributed by atoms with Crippen molar-refractivity contribution in [1.29, 1.82) is 0 Å². The molecular formula is C28H34FN3O4. The molecule has 1 N–H and O–H groups in total. The highest BCUT2D eigenvalue weighted by Gasteiger charge is 2.25. The molecule has 1 aromatic heterocycles. The second kappa shape index (κ2) is 11.8. The Morgan fingerprint density at radius 1 is 1.00 bits per heavy atom. The Hall–Kier alpha value is -3.68. The van der Waals surface area contributed by atoms with Crippen molar-refractivity contribution in [2.45, 2.75) is 59.2 Å². The SMILES string of the molecule is CCCCN(CC(=O)N(Cc1ccc(F)cc1)Cc1coc2ccccc2c1=O)C(=O)NC(C)(C)C. The molecule has 0 fully saturated rings. The maximum atomic E-state index is 13.5. The third-order valence-electron chi connectivity index (χ3n) is 5.63. The van der Waals surface area contributed by atoms with Gasteiger partial charge in [-0.15, -0.1) is 0 Å². The number of hydrogen-bond donors (Lipinski definition) is 1. The van der Waals surface area contributed by atoms with Crippen molar-refractivity contribution >= 4 is 22.9 Å². The first-order chi connectivity index (χ1) is 17.1. The average molecular weight is 496 g/mol. The highest BCUT2D eigenvalue weighted by Crippen LogP contribution is 2.15. The predicted octanol–water partition coefficient (Wildman–Crippen LogP) is 5.07. The van der Waals surface area contributed by atoms with Crippen LogP contribution in [0.25, 0.3) is 11.0 Å². The molecule has 3 aromatic rings. The summed E-state index contributed by atoms with van der Waals surface area (Å²) < 4.78 is 19.1. The minimum atomic E-state index is -0.456. The summed E-state index contributed by atoms with van der Waals surface area (Å²) in [5.41, 5.74) is 0.814. The van der Waals surface area contributed by atoms with Crippen LogP contribution >= 0.6 is 0 Å². The number of carbonyl (C=O) groups excluding carboxylic acids is 2. The van der Waals surface area contributed by atoms with Gasteiger partial charge in [0.05, 0.1) is 23.8 Å². The smallest absolute Gasteiger partial charge is 0.318 e. The topological polar surface area (TPSA) is 82.9 Å². The Morgan fingerprint density at radius 3 is 2.36 bits per heavy atom. The van der Waals surface area contributed by atoms with E-state index in [2.05, 4.69) is 5.32 Å². The zero-order valence-corrected chi connectivity index (χ0v) is 21.3. The molecule has 0 spiro atoms. The van der Waals surface area contributed by atoms with Gasteiger partial charge in [-0.3, -0.25) is 9.59 Å². The van der Waals surface area contributed by atoms with Gasteiger partial charge in [0.2, 0.25) is 5.91 Å². The standard InChI is InChI=1S/C28H34FN3O4/c1-5-6-15-31(27(35)30-28(2,3)4)18-25(33)32(16-20-11-13-22(29)14-12-20)17-21-19-36-24-10-8-7-9-23(24)26(21)34/h7-14,19H,5-6,15-18H2,1-4H3,(H,30,35). The maximum Gasteiger partial charge on any atom is 0.318 e. The second-order valence-electron chi connectivity index (χ2n) is 9.92. The number of fused-ring (bicyclic) bond motifs is 1. The van der Waals surface area contributed by atoms with E-state index in [4.69, 9.17) is 4.42 Å². The zero-order chi connectivity index (χ0) is 26.3. The first-order valence-electron chi connectivity index (χ1n) is 12.2. The van der Waals surface area contributed by atoms with Gasteiger partial charge in [-0.25, -0.2) is 9.18 Å². The van der Waals surface area contributed by atoms with E-state index in [9.17, 15) is 18.8 Å². The zero-order valence-electron chi connectivity index (χ0n) is 21.3. The summed E-state index contributed by atoms with van der Waals surface area (Å²) in [5.74, 6) is -0.705. The molecule has 0 aliphatic carbocycles. The van der Waals surface area contributed by atoms with Crippen LogP contribution in [0.4, 0.5) is 9.18 Å². The van der Waals surface area contributed by atoms with E-state index in [0.29, 0.717) is 28.6 Å². The van der Waals surface area contributed by atoms with Crippen LogP contribution in [0.3, 0.4) is 0 Å². The average Bonchev–Trinajstić information content (AvgIpc) is 2.83. The molecule has 1 heterocycles. The normalized spacial score (nSPS) is 11.4. The lowest BCUT2D eigenvalue weighted by Crippen LogP contribution is -2.51. The molecule has 0 radical (unpaired) electrons. The van der Waals surface area contributed by atoms with Gasteiger partial charge in [-0.2, -0.15) is 0 Å². The highest BCUT2D eigenvalue weighted by molar-refractivity contribution is 5.84. The molecule has 2 aromatic carbocycles. The summed E-state index contributed by atoms with van der Waals surface area (Å²) in [4.78, 5) is 42.5. The lowest BCUT2D eigenvalue weighted by atomic mass is 10.1. The molecule has 0 aliphatic heterocycles. The quantitative estimate of drug-likeness (QED) is 0.449. The van der Waals surface area contributed by atoms with Gasteiger partial charge in [-0.05, 0) is 57.0 Å². The monoisotopic (exact) mass is 495 g/mol. The number of para-hydroxylation sites is 1. The van der Waals surface area contributed by atoms with Crippen LogP contribution in [-0.2, 0) is 17.9 Å². The molecule has 3 rings (SSSR count). The van der Waals surface area contributed by atoms with Crippen LogP contribution < -0.4 is 10.7 Å². The van der Waals surface area contributed by atoms with Gasteiger partial charge in [0.25, 0.3) is 0 Å². The van der Waals surface area contributed by atoms with Gasteiger partial charge in [0.15, 0.2) is 5.43 Å². The van der Waals surface area contributed by atoms with E-state index >= 15 is 0 Å². The predicted molar refractivity (Wildman–Crippen MR) is 138 cm³/mol. The fourth-order valence-corrected chi connectivity index (χ4v) is 3.74. The summed E-state index contributed by atoms with van der Waals surface area (Å²) in [6.45, 7) is 8.07. The van der Waals surface area contributed by atoms with Crippen molar-refractivity contribution in [1.82, 2.24) is 15.1 Å². The fraction of sp³-hybridized carbons (Fsp3) is 0.393. The molecule has 0 atom stereocenters. The Bertz CT molecular complexity index is 1250. The summed E-state index contributed by atoms with van der Waals surface area (Å²) in [7, 11) is 0. The Kier molecular flexibility index (Phi) is 8.85. The largest absolute Gasteiger partial charge is 0.464 e. The molecule has 36 heavy (non-hydrogen) atoms. The minimum Gasteiger partial charge on any atom is -0.464 e. The number of nitrogens with one attached hydrogen (secondary N) is 1. The highest BCUT2D eigenvalue weighted by atomic mass is 19.1. The van der Waals surface area contributed by atoms with E-state index in [1.54, 1.807) is 36.4 Å². The van der Waals surface area contributed by atoms with E-state index in [1.165, 1.54) is 28.2 Å². The molecule has 0 saturated heterocycles. The van der Waals surface area contributed by atoms with Crippen molar-refractivity contribution in [2.75, 3.05) is 13.1 Å². The van der Waals surface area contributed by atoms with Crippen molar-refractivity contribution in [3.63, 3.8) is 0 Å². The summed E-state index contributed by atoms with van der Waals surface area (Å²) >= 11 is 0. The number of nitrogens with zero attached hydrogens (tertiary/aromatic N) is 2. The second-order valence-corrected chi connectivity index (χ2v) is 9.92. The van der Waals surface area contributed by atoms with Crippen molar-refractivity contribution in [2.24, 2.45) is 0 Å². The van der Waals surface area contributed by atoms with Crippen LogP contribution in [0.1, 0.15) is 51.7 Å². The number of halogens is 1. The molecule has 192 valence electrons. The minimum absolute atomic E-state index is 0.00805. The van der Waals surface area contributed by atoms with Gasteiger partial charge >= 0.3 is 6.03 Å². The number of hydrogen-bond acceptors (Lipinski definition) is 4.